The summed E-state index contributed by atoms with van der Waals surface area (Å²) in [5.41, 5.74) is 2.77. The number of nitrogens with zero attached hydrogens (tertiary/aromatic N) is 1. The standard InChI is InChI=1S/C20H24N2O2/c1-12-6-2-3-7-14(12)13-10-17(23)19(18(24)11-13)20-21-15-8-4-5-9-16(15)22-20/h2-3,6-7,13,15-16,23H,4-5,8-11H2,1H3,(H,21,22). The summed E-state index contributed by atoms with van der Waals surface area (Å²) in [6.07, 6.45) is 5.56. The molecule has 2 aliphatic carbocycles. The molecule has 0 saturated heterocycles. The van der Waals surface area contributed by atoms with Crippen LogP contribution in [0.25, 0.3) is 0 Å². The first-order valence-electron chi connectivity index (χ1n) is 8.99. The van der Waals surface area contributed by atoms with E-state index in [1.54, 1.807) is 0 Å². The van der Waals surface area contributed by atoms with Gasteiger partial charge in [-0.25, -0.2) is 0 Å². The lowest BCUT2D eigenvalue weighted by atomic mass is 9.81. The fourth-order valence-corrected chi connectivity index (χ4v) is 4.38. The van der Waals surface area contributed by atoms with Gasteiger partial charge in [-0.3, -0.25) is 9.79 Å². The minimum Gasteiger partial charge on any atom is -0.511 e. The highest BCUT2D eigenvalue weighted by Crippen LogP contribution is 2.36. The largest absolute Gasteiger partial charge is 0.511 e. The number of aryl methyl sites for hydroxylation is 1. The Morgan fingerprint density at radius 1 is 1.17 bits per heavy atom. The van der Waals surface area contributed by atoms with Gasteiger partial charge in [-0.05, 0) is 36.8 Å². The van der Waals surface area contributed by atoms with Gasteiger partial charge in [0.1, 0.15) is 11.6 Å². The zero-order chi connectivity index (χ0) is 16.7. The van der Waals surface area contributed by atoms with Crippen LogP contribution in [0.5, 0.6) is 0 Å². The molecule has 1 saturated carbocycles. The average molecular weight is 324 g/mol. The number of hydrogen-bond donors (Lipinski definition) is 2. The molecule has 0 radical (unpaired) electrons. The van der Waals surface area contributed by atoms with E-state index in [0.717, 1.165) is 18.4 Å². The van der Waals surface area contributed by atoms with Gasteiger partial charge in [0.15, 0.2) is 5.78 Å². The number of nitrogens with one attached hydrogen (secondary N) is 1. The molecule has 1 aliphatic heterocycles. The number of carbonyl (C=O) groups excluding carboxylic acids is 1. The predicted octanol–water partition coefficient (Wildman–Crippen LogP) is 3.57. The Hall–Kier alpha value is -2.10. The monoisotopic (exact) mass is 324 g/mol. The first-order chi connectivity index (χ1) is 11.6. The van der Waals surface area contributed by atoms with Gasteiger partial charge in [-0.2, -0.15) is 0 Å². The fraction of sp³-hybridized carbons (Fsp3) is 0.500. The normalized spacial score (nSPS) is 30.0. The van der Waals surface area contributed by atoms with Crippen LogP contribution in [-0.2, 0) is 4.79 Å². The number of fused-ring (bicyclic) bond motifs is 1. The van der Waals surface area contributed by atoms with Crippen molar-refractivity contribution in [2.75, 3.05) is 0 Å². The quantitative estimate of drug-likeness (QED) is 0.874. The molecule has 3 aliphatic rings. The van der Waals surface area contributed by atoms with Crippen LogP contribution >= 0.6 is 0 Å². The molecule has 1 aromatic rings. The summed E-state index contributed by atoms with van der Waals surface area (Å²) in [6.45, 7) is 2.06. The van der Waals surface area contributed by atoms with Crippen LogP contribution in [-0.4, -0.2) is 28.8 Å². The van der Waals surface area contributed by atoms with Crippen molar-refractivity contribution in [1.29, 1.82) is 0 Å². The molecule has 0 aromatic heterocycles. The summed E-state index contributed by atoms with van der Waals surface area (Å²) in [7, 11) is 0. The van der Waals surface area contributed by atoms with Crippen molar-refractivity contribution >= 4 is 11.6 Å². The highest BCUT2D eigenvalue weighted by Gasteiger charge is 2.37. The zero-order valence-corrected chi connectivity index (χ0v) is 14.1. The van der Waals surface area contributed by atoms with Crippen molar-refractivity contribution in [3.8, 4) is 0 Å². The third-order valence-corrected chi connectivity index (χ3v) is 5.65. The van der Waals surface area contributed by atoms with E-state index < -0.39 is 0 Å². The highest BCUT2D eigenvalue weighted by molar-refractivity contribution is 6.23. The topological polar surface area (TPSA) is 61.7 Å². The van der Waals surface area contributed by atoms with Crippen LogP contribution in [0, 0.1) is 6.92 Å². The van der Waals surface area contributed by atoms with Crippen molar-refractivity contribution in [2.45, 2.75) is 63.5 Å². The maximum atomic E-state index is 12.8. The van der Waals surface area contributed by atoms with Gasteiger partial charge in [0.2, 0.25) is 0 Å². The third kappa shape index (κ3) is 2.64. The number of aliphatic imine (C=N–C) groups is 1. The van der Waals surface area contributed by atoms with Gasteiger partial charge >= 0.3 is 0 Å². The lowest BCUT2D eigenvalue weighted by Crippen LogP contribution is -2.39. The summed E-state index contributed by atoms with van der Waals surface area (Å²) in [5.74, 6) is 0.908. The molecule has 4 nitrogen and oxygen atoms in total. The Bertz CT molecular complexity index is 735. The summed E-state index contributed by atoms with van der Waals surface area (Å²) in [4.78, 5) is 17.5. The van der Waals surface area contributed by atoms with Crippen molar-refractivity contribution < 1.29 is 9.90 Å². The van der Waals surface area contributed by atoms with Crippen molar-refractivity contribution in [2.24, 2.45) is 4.99 Å². The van der Waals surface area contributed by atoms with Gasteiger partial charge in [-0.1, -0.05) is 37.1 Å². The number of Topliss-reactive ketones (excluding diaryl/α,β-unsaturated/α-hetero) is 1. The van der Waals surface area contributed by atoms with Gasteiger partial charge in [0.25, 0.3) is 0 Å². The SMILES string of the molecule is Cc1ccccc1C1CC(=O)C(C2=NC3CCCCC3N2)=C(O)C1. The first kappa shape index (κ1) is 15.4. The number of rotatable bonds is 2. The molecular weight excluding hydrogens is 300 g/mol. The maximum absolute atomic E-state index is 12.8. The van der Waals surface area contributed by atoms with E-state index in [9.17, 15) is 9.90 Å². The van der Waals surface area contributed by atoms with Gasteiger partial charge < -0.3 is 10.4 Å². The fourth-order valence-electron chi connectivity index (χ4n) is 4.38. The molecule has 1 fully saturated rings. The van der Waals surface area contributed by atoms with Crippen LogP contribution in [0.1, 0.15) is 55.6 Å². The van der Waals surface area contributed by atoms with E-state index in [-0.39, 0.29) is 23.5 Å². The summed E-state index contributed by atoms with van der Waals surface area (Å²) >= 11 is 0. The van der Waals surface area contributed by atoms with E-state index in [4.69, 9.17) is 4.99 Å². The second kappa shape index (κ2) is 6.08. The third-order valence-electron chi connectivity index (χ3n) is 5.65. The number of hydrogen-bond acceptors (Lipinski definition) is 4. The van der Waals surface area contributed by atoms with E-state index >= 15 is 0 Å². The zero-order valence-electron chi connectivity index (χ0n) is 14.1. The lowest BCUT2D eigenvalue weighted by Gasteiger charge is -2.26. The number of amidine groups is 1. The smallest absolute Gasteiger partial charge is 0.170 e. The Balaban J connectivity index is 1.60. The molecule has 3 atom stereocenters. The number of aliphatic hydroxyl groups excluding tert-OH is 1. The number of carbonyl (C=O) groups is 1. The van der Waals surface area contributed by atoms with Crippen LogP contribution < -0.4 is 5.32 Å². The lowest BCUT2D eigenvalue weighted by molar-refractivity contribution is -0.116. The van der Waals surface area contributed by atoms with Crippen LogP contribution in [0.4, 0.5) is 0 Å². The minimum absolute atomic E-state index is 0.0110. The maximum Gasteiger partial charge on any atom is 0.170 e. The summed E-state index contributed by atoms with van der Waals surface area (Å²) < 4.78 is 0. The number of allylic oxidation sites excluding steroid dienone is 1. The molecule has 1 aromatic carbocycles. The molecular formula is C20H24N2O2. The molecule has 126 valence electrons. The van der Waals surface area contributed by atoms with Gasteiger partial charge in [-0.15, -0.1) is 0 Å². The molecule has 3 unspecified atom stereocenters. The van der Waals surface area contributed by atoms with E-state index in [1.165, 1.54) is 18.4 Å². The molecule has 4 rings (SSSR count). The molecule has 0 bridgehead atoms. The summed E-state index contributed by atoms with van der Waals surface area (Å²) in [5, 5.41) is 14.0. The molecule has 2 N–H and O–H groups in total. The number of benzene rings is 1. The number of ketones is 1. The van der Waals surface area contributed by atoms with E-state index in [1.807, 2.05) is 12.1 Å². The average Bonchev–Trinajstić information content (AvgIpc) is 2.98. The van der Waals surface area contributed by atoms with Crippen LogP contribution in [0.2, 0.25) is 0 Å². The Kier molecular flexibility index (Phi) is 3.91. The van der Waals surface area contributed by atoms with Gasteiger partial charge in [0, 0.05) is 18.9 Å². The van der Waals surface area contributed by atoms with Gasteiger partial charge in [0.05, 0.1) is 11.6 Å². The first-order valence-corrected chi connectivity index (χ1v) is 8.99. The van der Waals surface area contributed by atoms with Crippen molar-refractivity contribution in [3.63, 3.8) is 0 Å². The molecule has 24 heavy (non-hydrogen) atoms. The van der Waals surface area contributed by atoms with Crippen LogP contribution in [0.15, 0.2) is 40.6 Å². The van der Waals surface area contributed by atoms with E-state index in [0.29, 0.717) is 30.3 Å². The Morgan fingerprint density at radius 3 is 2.71 bits per heavy atom. The molecule has 1 heterocycles. The van der Waals surface area contributed by atoms with Crippen molar-refractivity contribution in [3.05, 3.63) is 46.7 Å². The Morgan fingerprint density at radius 2 is 1.96 bits per heavy atom. The minimum atomic E-state index is 0.0110. The van der Waals surface area contributed by atoms with E-state index in [2.05, 4.69) is 24.4 Å². The molecule has 0 spiro atoms. The van der Waals surface area contributed by atoms with Crippen molar-refractivity contribution in [1.82, 2.24) is 5.32 Å². The molecule has 0 amide bonds. The summed E-state index contributed by atoms with van der Waals surface area (Å²) in [6, 6.07) is 8.74. The highest BCUT2D eigenvalue weighted by atomic mass is 16.3. The number of aliphatic hydroxyl groups is 1. The second-order valence-corrected chi connectivity index (χ2v) is 7.29. The predicted molar refractivity (Wildman–Crippen MR) is 94.4 cm³/mol. The van der Waals surface area contributed by atoms with Crippen LogP contribution in [0.3, 0.4) is 0 Å². The molecule has 4 heteroatoms. The second-order valence-electron chi connectivity index (χ2n) is 7.29. The Labute approximate surface area is 142 Å².